The Kier molecular flexibility index (Phi) is 7.44. The number of fused-ring (bicyclic) bond motifs is 1. The quantitative estimate of drug-likeness (QED) is 0.390. The van der Waals surface area contributed by atoms with E-state index >= 15 is 0 Å². The van der Waals surface area contributed by atoms with E-state index in [9.17, 15) is 18.0 Å². The third-order valence-corrected chi connectivity index (χ3v) is 9.89. The summed E-state index contributed by atoms with van der Waals surface area (Å²) in [7, 11) is -2.49. The van der Waals surface area contributed by atoms with E-state index in [0.717, 1.165) is 10.4 Å². The Morgan fingerprint density at radius 3 is 2.26 bits per heavy atom. The van der Waals surface area contributed by atoms with Crippen molar-refractivity contribution >= 4 is 43.9 Å². The number of amides is 1. The molecule has 0 saturated heterocycles. The van der Waals surface area contributed by atoms with Gasteiger partial charge in [0, 0.05) is 28.1 Å². The smallest absolute Gasteiger partial charge is 0.341 e. The zero-order valence-electron chi connectivity index (χ0n) is 22.4. The number of carbonyl (C=O) groups is 2. The first-order valence-corrected chi connectivity index (χ1v) is 14.6. The van der Waals surface area contributed by atoms with Gasteiger partial charge in [-0.2, -0.15) is 0 Å². The third kappa shape index (κ3) is 5.21. The van der Waals surface area contributed by atoms with Crippen LogP contribution >= 0.6 is 11.3 Å². The van der Waals surface area contributed by atoms with Crippen molar-refractivity contribution < 1.29 is 22.7 Å². The number of esters is 1. The molecule has 0 unspecified atom stereocenters. The van der Waals surface area contributed by atoms with Crippen molar-refractivity contribution in [2.45, 2.75) is 57.0 Å². The van der Waals surface area contributed by atoms with Gasteiger partial charge in [0.05, 0.1) is 23.3 Å². The second kappa shape index (κ2) is 10.2. The minimum atomic E-state index is -3.82. The lowest BCUT2D eigenvalue weighted by atomic mass is 9.81. The molecule has 2 aromatic carbocycles. The van der Waals surface area contributed by atoms with E-state index in [4.69, 9.17) is 4.74 Å². The van der Waals surface area contributed by atoms with Crippen LogP contribution in [-0.4, -0.2) is 39.5 Å². The van der Waals surface area contributed by atoms with E-state index in [1.807, 2.05) is 19.9 Å². The van der Waals surface area contributed by atoms with Crippen molar-refractivity contribution in [2.24, 2.45) is 0 Å². The molecule has 2 N–H and O–H groups in total. The van der Waals surface area contributed by atoms with E-state index in [1.165, 1.54) is 47.0 Å². The number of hydrogen-bond donors (Lipinski definition) is 2. The van der Waals surface area contributed by atoms with Crippen LogP contribution in [0.5, 0.6) is 0 Å². The lowest BCUT2D eigenvalue weighted by Crippen LogP contribution is -2.55. The third-order valence-electron chi connectivity index (χ3n) is 6.50. The molecule has 1 aromatic heterocycles. The normalized spacial score (nSPS) is 15.8. The van der Waals surface area contributed by atoms with Crippen LogP contribution in [0.25, 0.3) is 0 Å². The summed E-state index contributed by atoms with van der Waals surface area (Å²) in [5, 5.41) is 6.89. The predicted octanol–water partition coefficient (Wildman–Crippen LogP) is 5.16. The van der Waals surface area contributed by atoms with Gasteiger partial charge in [-0.25, -0.2) is 13.2 Å². The van der Waals surface area contributed by atoms with Crippen LogP contribution in [0.2, 0.25) is 0 Å². The van der Waals surface area contributed by atoms with Crippen LogP contribution in [0.3, 0.4) is 0 Å². The number of anilines is 2. The van der Waals surface area contributed by atoms with Gasteiger partial charge >= 0.3 is 5.97 Å². The number of sulfonamides is 1. The summed E-state index contributed by atoms with van der Waals surface area (Å²) in [6.07, 6.45) is 0.602. The van der Waals surface area contributed by atoms with Crippen molar-refractivity contribution in [3.8, 4) is 0 Å². The van der Waals surface area contributed by atoms with Crippen LogP contribution in [0, 0.1) is 0 Å². The lowest BCUT2D eigenvalue weighted by molar-refractivity contribution is 0.0600. The summed E-state index contributed by atoms with van der Waals surface area (Å²) in [5.74, 6) is -0.952. The highest BCUT2D eigenvalue weighted by molar-refractivity contribution is 7.92. The molecule has 0 bridgehead atoms. The summed E-state index contributed by atoms with van der Waals surface area (Å²) in [5.41, 5.74) is 1.40. The van der Waals surface area contributed by atoms with Crippen LogP contribution in [0.4, 0.5) is 10.7 Å². The van der Waals surface area contributed by atoms with Gasteiger partial charge in [0.2, 0.25) is 0 Å². The summed E-state index contributed by atoms with van der Waals surface area (Å²) >= 11 is 1.35. The molecule has 1 amide bonds. The number of carbonyl (C=O) groups excluding carboxylic acids is 2. The molecule has 0 saturated carbocycles. The maximum absolute atomic E-state index is 13.3. The number of nitrogens with zero attached hydrogens (tertiary/aromatic N) is 1. The lowest BCUT2D eigenvalue weighted by Gasteiger charge is -2.42. The zero-order chi connectivity index (χ0) is 27.9. The fourth-order valence-electron chi connectivity index (χ4n) is 5.10. The molecule has 2 heterocycles. The molecule has 0 spiro atoms. The average Bonchev–Trinajstić information content (AvgIpc) is 3.21. The monoisotopic (exact) mass is 555 g/mol. The molecular formula is C28H33N3O5S2. The predicted molar refractivity (Wildman–Crippen MR) is 151 cm³/mol. The van der Waals surface area contributed by atoms with Crippen molar-refractivity contribution in [1.82, 2.24) is 5.32 Å². The number of nitrogens with one attached hydrogen (secondary N) is 2. The summed E-state index contributed by atoms with van der Waals surface area (Å²) in [4.78, 5) is 27.1. The van der Waals surface area contributed by atoms with E-state index in [-0.39, 0.29) is 22.5 Å². The molecule has 0 aliphatic carbocycles. The van der Waals surface area contributed by atoms with Crippen molar-refractivity contribution in [1.29, 1.82) is 0 Å². The molecule has 4 rings (SSSR count). The Balaban J connectivity index is 1.64. The fraction of sp³-hybridized carbons (Fsp3) is 0.357. The highest BCUT2D eigenvalue weighted by Gasteiger charge is 2.42. The van der Waals surface area contributed by atoms with E-state index < -0.39 is 27.4 Å². The van der Waals surface area contributed by atoms with Crippen LogP contribution in [-0.2, 0) is 26.7 Å². The first kappa shape index (κ1) is 27.8. The van der Waals surface area contributed by atoms with Crippen LogP contribution < -0.4 is 14.9 Å². The summed E-state index contributed by atoms with van der Waals surface area (Å²) in [6.45, 7) is 10.3. The molecule has 10 heteroatoms. The van der Waals surface area contributed by atoms with Gasteiger partial charge in [0.1, 0.15) is 5.00 Å². The first-order chi connectivity index (χ1) is 17.8. The number of thiophene rings is 1. The SMILES string of the molecule is CCN(c1ccccc1)S(=O)(=O)c1ccc(C(=O)Nc2sc3c(c2C(=O)OC)CC(C)(C)NC3(C)C)cc1. The number of ether oxygens (including phenoxy) is 1. The van der Waals surface area contributed by atoms with Crippen LogP contribution in [0.1, 0.15) is 65.8 Å². The maximum Gasteiger partial charge on any atom is 0.341 e. The van der Waals surface area contributed by atoms with Gasteiger partial charge in [0.25, 0.3) is 15.9 Å². The number of hydrogen-bond acceptors (Lipinski definition) is 7. The van der Waals surface area contributed by atoms with Gasteiger partial charge in [-0.1, -0.05) is 18.2 Å². The van der Waals surface area contributed by atoms with E-state index in [2.05, 4.69) is 24.5 Å². The standard InChI is InChI=1S/C28H33N3O5S2/c1-7-31(19-11-9-8-10-12-19)38(34,35)20-15-13-18(14-16-20)24(32)29-25-22(26(33)36-6)21-17-27(2,3)30-28(4,5)23(21)37-25/h8-16,30H,7,17H2,1-6H3,(H,29,32). The molecular weight excluding hydrogens is 522 g/mol. The Labute approximate surface area is 228 Å². The van der Waals surface area contributed by atoms with E-state index in [1.54, 1.807) is 31.2 Å². The second-order valence-corrected chi connectivity index (χ2v) is 13.3. The van der Waals surface area contributed by atoms with E-state index in [0.29, 0.717) is 22.7 Å². The molecule has 3 aromatic rings. The highest BCUT2D eigenvalue weighted by Crippen LogP contribution is 2.45. The van der Waals surface area contributed by atoms with Gasteiger partial charge in [-0.05, 0) is 83.0 Å². The molecule has 0 atom stereocenters. The topological polar surface area (TPSA) is 105 Å². The van der Waals surface area contributed by atoms with Gasteiger partial charge < -0.3 is 15.4 Å². The maximum atomic E-state index is 13.3. The summed E-state index contributed by atoms with van der Waals surface area (Å²) in [6, 6.07) is 14.7. The Bertz CT molecular complexity index is 1460. The Hall–Kier alpha value is -3.21. The minimum absolute atomic E-state index is 0.0802. The molecule has 0 fully saturated rings. The number of para-hydroxylation sites is 1. The average molecular weight is 556 g/mol. The van der Waals surface area contributed by atoms with Gasteiger partial charge in [-0.15, -0.1) is 11.3 Å². The highest BCUT2D eigenvalue weighted by atomic mass is 32.2. The van der Waals surface area contributed by atoms with Crippen molar-refractivity contribution in [2.75, 3.05) is 23.3 Å². The molecule has 8 nitrogen and oxygen atoms in total. The fourth-order valence-corrected chi connectivity index (χ4v) is 7.83. The molecule has 0 radical (unpaired) electrons. The molecule has 1 aliphatic heterocycles. The van der Waals surface area contributed by atoms with Gasteiger partial charge in [0.15, 0.2) is 0 Å². The number of methoxy groups -OCH3 is 1. The largest absolute Gasteiger partial charge is 0.465 e. The molecule has 202 valence electrons. The molecule has 1 aliphatic rings. The minimum Gasteiger partial charge on any atom is -0.465 e. The van der Waals surface area contributed by atoms with Crippen molar-refractivity contribution in [3.63, 3.8) is 0 Å². The number of benzene rings is 2. The van der Waals surface area contributed by atoms with Crippen LogP contribution in [0.15, 0.2) is 59.5 Å². The first-order valence-electron chi connectivity index (χ1n) is 12.3. The second-order valence-electron chi connectivity index (χ2n) is 10.4. The Morgan fingerprint density at radius 2 is 1.68 bits per heavy atom. The van der Waals surface area contributed by atoms with Crippen molar-refractivity contribution in [3.05, 3.63) is 76.2 Å². The number of rotatable bonds is 7. The summed E-state index contributed by atoms with van der Waals surface area (Å²) < 4.78 is 33.0. The van der Waals surface area contributed by atoms with Gasteiger partial charge in [-0.3, -0.25) is 9.10 Å². The molecule has 38 heavy (non-hydrogen) atoms. The zero-order valence-corrected chi connectivity index (χ0v) is 24.0. The Morgan fingerprint density at radius 1 is 1.05 bits per heavy atom.